The van der Waals surface area contributed by atoms with Crippen LogP contribution >= 0.6 is 23.6 Å². The maximum Gasteiger partial charge on any atom is 0.252 e. The van der Waals surface area contributed by atoms with Crippen LogP contribution in [0.3, 0.4) is 0 Å². The molecule has 1 aromatic carbocycles. The van der Waals surface area contributed by atoms with Crippen LogP contribution in [0, 0.1) is 6.92 Å². The van der Waals surface area contributed by atoms with Crippen molar-refractivity contribution in [3.8, 4) is 0 Å². The Morgan fingerprint density at radius 1 is 1.30 bits per heavy atom. The van der Waals surface area contributed by atoms with Gasteiger partial charge in [0.1, 0.15) is 6.54 Å². The molecular formula is C15H14N2OS2. The zero-order valence-corrected chi connectivity index (χ0v) is 12.7. The predicted molar refractivity (Wildman–Crippen MR) is 86.0 cm³/mol. The van der Waals surface area contributed by atoms with Crippen LogP contribution in [0.1, 0.15) is 10.4 Å². The van der Waals surface area contributed by atoms with E-state index in [1.54, 1.807) is 16.2 Å². The minimum atomic E-state index is 0.0390. The molecule has 5 heteroatoms. The molecule has 0 atom stereocenters. The van der Waals surface area contributed by atoms with Crippen molar-refractivity contribution in [2.45, 2.75) is 13.5 Å². The summed E-state index contributed by atoms with van der Waals surface area (Å²) < 4.78 is 0. The zero-order valence-electron chi connectivity index (χ0n) is 11.1. The number of carbonyl (C=O) groups excluding carboxylic acids is 1. The number of benzene rings is 1. The van der Waals surface area contributed by atoms with Crippen LogP contribution in [-0.2, 0) is 11.3 Å². The number of thiocarbonyl (C=S) groups is 1. The number of amides is 1. The van der Waals surface area contributed by atoms with Gasteiger partial charge in [0, 0.05) is 4.88 Å². The molecule has 102 valence electrons. The van der Waals surface area contributed by atoms with E-state index >= 15 is 0 Å². The maximum absolute atomic E-state index is 12.2. The normalized spacial score (nSPS) is 15.2. The Labute approximate surface area is 127 Å². The van der Waals surface area contributed by atoms with Crippen LogP contribution in [-0.4, -0.2) is 22.5 Å². The number of rotatable bonds is 3. The average Bonchev–Trinajstić information content (AvgIpc) is 2.99. The first kappa shape index (κ1) is 13.3. The summed E-state index contributed by atoms with van der Waals surface area (Å²) in [4.78, 5) is 17.0. The summed E-state index contributed by atoms with van der Waals surface area (Å²) in [7, 11) is 0. The molecule has 1 saturated heterocycles. The van der Waals surface area contributed by atoms with Crippen molar-refractivity contribution in [1.82, 2.24) is 4.90 Å². The Balaban J connectivity index is 1.83. The summed E-state index contributed by atoms with van der Waals surface area (Å²) in [6.45, 7) is 3.06. The first-order valence-corrected chi connectivity index (χ1v) is 7.65. The van der Waals surface area contributed by atoms with E-state index < -0.39 is 0 Å². The Hall–Kier alpha value is -1.72. The molecule has 1 fully saturated rings. The van der Waals surface area contributed by atoms with E-state index in [1.165, 1.54) is 4.88 Å². The molecule has 1 amide bonds. The minimum Gasteiger partial charge on any atom is -0.334 e. The van der Waals surface area contributed by atoms with Gasteiger partial charge in [0.25, 0.3) is 5.91 Å². The van der Waals surface area contributed by atoms with Gasteiger partial charge in [-0.3, -0.25) is 9.69 Å². The Morgan fingerprint density at radius 3 is 2.85 bits per heavy atom. The van der Waals surface area contributed by atoms with Gasteiger partial charge in [-0.2, -0.15) is 0 Å². The lowest BCUT2D eigenvalue weighted by Crippen LogP contribution is -2.32. The number of anilines is 1. The highest BCUT2D eigenvalue weighted by atomic mass is 32.1. The summed E-state index contributed by atoms with van der Waals surface area (Å²) in [5, 5.41) is 2.63. The van der Waals surface area contributed by atoms with E-state index in [1.807, 2.05) is 47.5 Å². The average molecular weight is 302 g/mol. The molecule has 2 aromatic rings. The molecule has 0 unspecified atom stereocenters. The molecule has 2 heterocycles. The van der Waals surface area contributed by atoms with Gasteiger partial charge in [0.15, 0.2) is 5.11 Å². The lowest BCUT2D eigenvalue weighted by atomic mass is 10.2. The van der Waals surface area contributed by atoms with E-state index in [9.17, 15) is 4.79 Å². The number of carbonyl (C=O) groups is 1. The molecule has 0 saturated carbocycles. The minimum absolute atomic E-state index is 0.0390. The van der Waals surface area contributed by atoms with Crippen LogP contribution in [0.5, 0.6) is 0 Å². The second-order valence-corrected chi connectivity index (χ2v) is 6.18. The fourth-order valence-corrected chi connectivity index (χ4v) is 3.34. The second-order valence-electron chi connectivity index (χ2n) is 4.79. The number of aryl methyl sites for hydroxylation is 1. The molecule has 0 bridgehead atoms. The van der Waals surface area contributed by atoms with Crippen molar-refractivity contribution >= 4 is 40.3 Å². The SMILES string of the molecule is Cc1cccc(N2C(=O)CN(Cc3cccs3)C2=S)c1. The van der Waals surface area contributed by atoms with Crippen molar-refractivity contribution in [1.29, 1.82) is 0 Å². The Kier molecular flexibility index (Phi) is 3.54. The largest absolute Gasteiger partial charge is 0.334 e. The highest BCUT2D eigenvalue weighted by molar-refractivity contribution is 7.80. The highest BCUT2D eigenvalue weighted by Crippen LogP contribution is 2.24. The molecule has 1 aromatic heterocycles. The first-order valence-electron chi connectivity index (χ1n) is 6.36. The summed E-state index contributed by atoms with van der Waals surface area (Å²) in [6, 6.07) is 11.9. The molecule has 3 nitrogen and oxygen atoms in total. The van der Waals surface area contributed by atoms with Crippen LogP contribution < -0.4 is 4.90 Å². The van der Waals surface area contributed by atoms with Crippen molar-refractivity contribution in [2.24, 2.45) is 0 Å². The molecule has 3 rings (SSSR count). The van der Waals surface area contributed by atoms with E-state index in [-0.39, 0.29) is 5.91 Å². The van der Waals surface area contributed by atoms with Gasteiger partial charge in [-0.1, -0.05) is 18.2 Å². The van der Waals surface area contributed by atoms with Crippen LogP contribution in [0.4, 0.5) is 5.69 Å². The topological polar surface area (TPSA) is 23.6 Å². The van der Waals surface area contributed by atoms with Gasteiger partial charge in [-0.25, -0.2) is 0 Å². The van der Waals surface area contributed by atoms with E-state index in [0.29, 0.717) is 18.2 Å². The van der Waals surface area contributed by atoms with E-state index in [2.05, 4.69) is 6.07 Å². The standard InChI is InChI=1S/C15H14N2OS2/c1-11-4-2-5-12(8-11)17-14(18)10-16(15(17)19)9-13-6-3-7-20-13/h2-8H,9-10H2,1H3. The van der Waals surface area contributed by atoms with Gasteiger partial charge >= 0.3 is 0 Å². The van der Waals surface area contributed by atoms with Gasteiger partial charge < -0.3 is 4.90 Å². The summed E-state index contributed by atoms with van der Waals surface area (Å²) in [5.41, 5.74) is 1.98. The predicted octanol–water partition coefficient (Wildman–Crippen LogP) is 3.19. The molecule has 20 heavy (non-hydrogen) atoms. The highest BCUT2D eigenvalue weighted by Gasteiger charge is 2.33. The third kappa shape index (κ3) is 2.46. The molecule has 0 radical (unpaired) electrons. The van der Waals surface area contributed by atoms with Crippen LogP contribution in [0.25, 0.3) is 0 Å². The molecule has 0 aliphatic carbocycles. The number of hydrogen-bond donors (Lipinski definition) is 0. The quantitative estimate of drug-likeness (QED) is 0.814. The van der Waals surface area contributed by atoms with Gasteiger partial charge in [-0.05, 0) is 48.3 Å². The van der Waals surface area contributed by atoms with Crippen LogP contribution in [0.15, 0.2) is 41.8 Å². The van der Waals surface area contributed by atoms with Crippen molar-refractivity contribution in [3.63, 3.8) is 0 Å². The van der Waals surface area contributed by atoms with Gasteiger partial charge in [0.2, 0.25) is 0 Å². The zero-order chi connectivity index (χ0) is 14.1. The molecule has 1 aliphatic heterocycles. The Morgan fingerprint density at radius 2 is 2.15 bits per heavy atom. The second kappa shape index (κ2) is 5.34. The third-order valence-electron chi connectivity index (χ3n) is 3.22. The fraction of sp³-hybridized carbons (Fsp3) is 0.200. The summed E-state index contributed by atoms with van der Waals surface area (Å²) in [5.74, 6) is 0.0390. The maximum atomic E-state index is 12.2. The number of hydrogen-bond acceptors (Lipinski definition) is 3. The summed E-state index contributed by atoms with van der Waals surface area (Å²) in [6.07, 6.45) is 0. The van der Waals surface area contributed by atoms with Gasteiger partial charge in [-0.15, -0.1) is 11.3 Å². The smallest absolute Gasteiger partial charge is 0.252 e. The van der Waals surface area contributed by atoms with Crippen molar-refractivity contribution in [2.75, 3.05) is 11.4 Å². The third-order valence-corrected chi connectivity index (χ3v) is 4.53. The monoisotopic (exact) mass is 302 g/mol. The fourth-order valence-electron chi connectivity index (χ4n) is 2.29. The summed E-state index contributed by atoms with van der Waals surface area (Å²) >= 11 is 7.15. The van der Waals surface area contributed by atoms with Crippen molar-refractivity contribution in [3.05, 3.63) is 52.2 Å². The molecular weight excluding hydrogens is 288 g/mol. The van der Waals surface area contributed by atoms with Crippen LogP contribution in [0.2, 0.25) is 0 Å². The number of thiophene rings is 1. The Bertz CT molecular complexity index is 652. The van der Waals surface area contributed by atoms with Crippen molar-refractivity contribution < 1.29 is 4.79 Å². The lowest BCUT2D eigenvalue weighted by molar-refractivity contribution is -0.116. The van der Waals surface area contributed by atoms with E-state index in [4.69, 9.17) is 12.2 Å². The molecule has 0 spiro atoms. The van der Waals surface area contributed by atoms with E-state index in [0.717, 1.165) is 11.3 Å². The lowest BCUT2D eigenvalue weighted by Gasteiger charge is -2.20. The molecule has 1 aliphatic rings. The molecule has 0 N–H and O–H groups in total. The number of nitrogens with zero attached hydrogens (tertiary/aromatic N) is 2. The first-order chi connectivity index (χ1) is 9.65. The van der Waals surface area contributed by atoms with Gasteiger partial charge in [0.05, 0.1) is 12.2 Å².